The number of non-ortho nitro benzene ring substituents is 1. The molecule has 34 heavy (non-hydrogen) atoms. The Morgan fingerprint density at radius 3 is 2.12 bits per heavy atom. The van der Waals surface area contributed by atoms with Crippen molar-refractivity contribution in [3.63, 3.8) is 0 Å². The Morgan fingerprint density at radius 2 is 1.74 bits per heavy atom. The first-order valence-electron chi connectivity index (χ1n) is 10.2. The second-order valence-corrected chi connectivity index (χ2v) is 7.68. The van der Waals surface area contributed by atoms with Crippen LogP contribution in [0.3, 0.4) is 0 Å². The fourth-order valence-electron chi connectivity index (χ4n) is 3.19. The summed E-state index contributed by atoms with van der Waals surface area (Å²) in [7, 11) is 0. The lowest BCUT2D eigenvalue weighted by Crippen LogP contribution is -2.69. The fourth-order valence-corrected chi connectivity index (χ4v) is 3.19. The molecule has 2 atom stereocenters. The standard InChI is InChI=1S/C17H18FN3O6.C6H4O/c1-9(2)14(20-15(18)13(16(20)23)19-10(3)22)17(24)27-8-11-4-6-12(7-5-11)21(25)26;1-2-5-4-6(3-1)7-5/h4-7,13,15H,8H2,1-3H3,(H,19,22);1-4H. The van der Waals surface area contributed by atoms with Crippen molar-refractivity contribution in [3.8, 4) is 11.5 Å². The third-order valence-electron chi connectivity index (χ3n) is 4.85. The SMILES string of the molecule is CC(=O)NC1C(=O)N(C(C(=O)OCc2ccc([N+](=O)[O-])cc2)=C(C)C)C1F.c1cc2cc(c1)O2. The first-order valence-corrected chi connectivity index (χ1v) is 10.2. The van der Waals surface area contributed by atoms with Gasteiger partial charge in [0, 0.05) is 25.1 Å². The first-order chi connectivity index (χ1) is 16.1. The van der Waals surface area contributed by atoms with Crippen LogP contribution in [0.15, 0.2) is 59.8 Å². The molecule has 1 saturated heterocycles. The number of nitro benzene ring substituents is 1. The van der Waals surface area contributed by atoms with E-state index < -0.39 is 35.0 Å². The van der Waals surface area contributed by atoms with Crippen LogP contribution in [-0.4, -0.2) is 39.9 Å². The number of benzene rings is 2. The van der Waals surface area contributed by atoms with Gasteiger partial charge in [-0.3, -0.25) is 24.6 Å². The highest BCUT2D eigenvalue weighted by Gasteiger charge is 2.52. The molecule has 0 spiro atoms. The van der Waals surface area contributed by atoms with E-state index in [2.05, 4.69) is 5.32 Å². The van der Waals surface area contributed by atoms with E-state index in [-0.39, 0.29) is 18.0 Å². The van der Waals surface area contributed by atoms with Crippen LogP contribution in [0.25, 0.3) is 0 Å². The number of nitro groups is 1. The van der Waals surface area contributed by atoms with E-state index >= 15 is 0 Å². The van der Waals surface area contributed by atoms with Gasteiger partial charge in [0.2, 0.25) is 12.2 Å². The number of carbonyl (C=O) groups is 3. The summed E-state index contributed by atoms with van der Waals surface area (Å²) in [6, 6.07) is 11.9. The number of rotatable bonds is 6. The summed E-state index contributed by atoms with van der Waals surface area (Å²) in [4.78, 5) is 46.2. The monoisotopic (exact) mass is 471 g/mol. The number of hydrogen-bond acceptors (Lipinski definition) is 7. The summed E-state index contributed by atoms with van der Waals surface area (Å²) in [6.07, 6.45) is -1.88. The second-order valence-electron chi connectivity index (χ2n) is 7.68. The number of nitrogens with zero attached hydrogens (tertiary/aromatic N) is 2. The van der Waals surface area contributed by atoms with Crippen molar-refractivity contribution in [1.29, 1.82) is 0 Å². The molecule has 2 amide bonds. The number of carbonyl (C=O) groups excluding carboxylic acids is 3. The van der Waals surface area contributed by atoms with Crippen LogP contribution in [0.1, 0.15) is 26.3 Å². The number of ether oxygens (including phenoxy) is 2. The molecule has 0 aliphatic carbocycles. The van der Waals surface area contributed by atoms with Crippen LogP contribution in [0, 0.1) is 10.1 Å². The molecule has 11 heteroatoms. The van der Waals surface area contributed by atoms with Gasteiger partial charge in [0.15, 0.2) is 6.04 Å². The van der Waals surface area contributed by atoms with Crippen LogP contribution in [0.5, 0.6) is 11.5 Å². The minimum Gasteiger partial charge on any atom is -0.457 e. The van der Waals surface area contributed by atoms with Gasteiger partial charge in [-0.05, 0) is 49.2 Å². The molecule has 3 aliphatic heterocycles. The number of amides is 2. The van der Waals surface area contributed by atoms with E-state index in [9.17, 15) is 28.9 Å². The molecule has 5 rings (SSSR count). The molecule has 178 valence electrons. The molecule has 3 heterocycles. The molecular weight excluding hydrogens is 449 g/mol. The third-order valence-corrected chi connectivity index (χ3v) is 4.85. The van der Waals surface area contributed by atoms with E-state index in [0.717, 1.165) is 18.4 Å². The third kappa shape index (κ3) is 5.37. The van der Waals surface area contributed by atoms with Gasteiger partial charge in [-0.2, -0.15) is 0 Å². The molecule has 1 N–H and O–H groups in total. The number of esters is 1. The number of allylic oxidation sites excluding steroid dienone is 1. The Balaban J connectivity index is 0.000000387. The van der Waals surface area contributed by atoms with Crippen LogP contribution < -0.4 is 10.1 Å². The highest BCUT2D eigenvalue weighted by Crippen LogP contribution is 2.33. The minimum absolute atomic E-state index is 0.106. The Hall–Kier alpha value is -4.28. The summed E-state index contributed by atoms with van der Waals surface area (Å²) < 4.78 is 24.4. The molecule has 0 aromatic heterocycles. The van der Waals surface area contributed by atoms with Crippen molar-refractivity contribution in [2.45, 2.75) is 39.7 Å². The largest absolute Gasteiger partial charge is 0.457 e. The number of likely N-dealkylation sites (tertiary alicyclic amines) is 1. The number of nitrogens with one attached hydrogen (secondary N) is 1. The molecule has 2 unspecified atom stereocenters. The number of halogens is 1. The van der Waals surface area contributed by atoms with Gasteiger partial charge in [-0.1, -0.05) is 6.07 Å². The number of alkyl halides is 1. The lowest BCUT2D eigenvalue weighted by molar-refractivity contribution is -0.384. The maximum atomic E-state index is 14.3. The van der Waals surface area contributed by atoms with Crippen LogP contribution in [0.2, 0.25) is 0 Å². The molecule has 3 aliphatic rings. The Bertz CT molecular complexity index is 1130. The summed E-state index contributed by atoms with van der Waals surface area (Å²) >= 11 is 0. The van der Waals surface area contributed by atoms with Crippen LogP contribution >= 0.6 is 0 Å². The van der Waals surface area contributed by atoms with Gasteiger partial charge in [0.1, 0.15) is 23.8 Å². The Kier molecular flexibility index (Phi) is 7.24. The van der Waals surface area contributed by atoms with Gasteiger partial charge >= 0.3 is 5.97 Å². The summed E-state index contributed by atoms with van der Waals surface area (Å²) in [5.41, 5.74) is 0.507. The van der Waals surface area contributed by atoms with E-state index in [0.29, 0.717) is 16.0 Å². The normalized spacial score (nSPS) is 17.1. The first kappa shape index (κ1) is 24.4. The predicted octanol–water partition coefficient (Wildman–Crippen LogP) is 3.37. The summed E-state index contributed by atoms with van der Waals surface area (Å²) in [5.74, 6) is -0.253. The van der Waals surface area contributed by atoms with Crippen molar-refractivity contribution in [1.82, 2.24) is 10.2 Å². The maximum Gasteiger partial charge on any atom is 0.355 e. The smallest absolute Gasteiger partial charge is 0.355 e. The van der Waals surface area contributed by atoms with Crippen molar-refractivity contribution in [2.24, 2.45) is 0 Å². The number of β-lactam (4-membered cyclic amide) rings is 1. The molecule has 2 aromatic rings. The van der Waals surface area contributed by atoms with E-state index in [4.69, 9.17) is 9.47 Å². The van der Waals surface area contributed by atoms with Crippen molar-refractivity contribution < 1.29 is 33.2 Å². The van der Waals surface area contributed by atoms with Crippen molar-refractivity contribution >= 4 is 23.5 Å². The zero-order chi connectivity index (χ0) is 25.0. The van der Waals surface area contributed by atoms with Gasteiger partial charge < -0.3 is 14.8 Å². The van der Waals surface area contributed by atoms with E-state index in [1.54, 1.807) is 0 Å². The highest BCUT2D eigenvalue weighted by atomic mass is 19.1. The topological polar surface area (TPSA) is 128 Å². The highest BCUT2D eigenvalue weighted by molar-refractivity contribution is 6.01. The summed E-state index contributed by atoms with van der Waals surface area (Å²) in [5, 5.41) is 12.8. The molecule has 10 nitrogen and oxygen atoms in total. The van der Waals surface area contributed by atoms with Crippen molar-refractivity contribution in [3.05, 3.63) is 75.5 Å². The molecule has 2 bridgehead atoms. The average Bonchev–Trinajstić information content (AvgIpc) is 2.79. The molecular formula is C23H22FN3O7. The Morgan fingerprint density at radius 1 is 1.15 bits per heavy atom. The van der Waals surface area contributed by atoms with Gasteiger partial charge in [-0.25, -0.2) is 9.18 Å². The van der Waals surface area contributed by atoms with Crippen molar-refractivity contribution in [2.75, 3.05) is 0 Å². The molecule has 1 fully saturated rings. The lowest BCUT2D eigenvalue weighted by atomic mass is 10.0. The van der Waals surface area contributed by atoms with Crippen LogP contribution in [-0.2, 0) is 25.7 Å². The lowest BCUT2D eigenvalue weighted by Gasteiger charge is -2.42. The molecule has 0 radical (unpaired) electrons. The molecule has 0 saturated carbocycles. The Labute approximate surface area is 194 Å². The zero-order valence-corrected chi connectivity index (χ0v) is 18.6. The fraction of sp³-hybridized carbons (Fsp3) is 0.261. The van der Waals surface area contributed by atoms with Gasteiger partial charge in [0.05, 0.1) is 4.92 Å². The number of hydrogen-bond donors (Lipinski definition) is 1. The second kappa shape index (κ2) is 10.1. The van der Waals surface area contributed by atoms with Crippen LogP contribution in [0.4, 0.5) is 10.1 Å². The summed E-state index contributed by atoms with van der Waals surface area (Å²) in [6.45, 7) is 3.99. The van der Waals surface area contributed by atoms with E-state index in [1.807, 2.05) is 24.3 Å². The quantitative estimate of drug-likeness (QED) is 0.146. The zero-order valence-electron chi connectivity index (χ0n) is 18.6. The van der Waals surface area contributed by atoms with E-state index in [1.165, 1.54) is 38.1 Å². The predicted molar refractivity (Wildman–Crippen MR) is 117 cm³/mol. The van der Waals surface area contributed by atoms with Gasteiger partial charge in [0.25, 0.3) is 11.6 Å². The van der Waals surface area contributed by atoms with Gasteiger partial charge in [-0.15, -0.1) is 0 Å². The maximum absolute atomic E-state index is 14.3. The molecule has 2 aromatic carbocycles. The average molecular weight is 471 g/mol. The minimum atomic E-state index is -1.88. The number of fused-ring (bicyclic) bond motifs is 2.